The number of aromatic nitrogens is 1. The van der Waals surface area contributed by atoms with Crippen LogP contribution in [0.5, 0.6) is 5.75 Å². The van der Waals surface area contributed by atoms with Gasteiger partial charge in [0.1, 0.15) is 5.75 Å². The summed E-state index contributed by atoms with van der Waals surface area (Å²) in [6.45, 7) is 4.13. The van der Waals surface area contributed by atoms with Crippen molar-refractivity contribution in [2.24, 2.45) is 0 Å². The molecular formula is C28H23NO2S. The first-order valence-electron chi connectivity index (χ1n) is 10.5. The molecule has 0 bridgehead atoms. The van der Waals surface area contributed by atoms with Gasteiger partial charge in [0.05, 0.1) is 23.9 Å². The highest BCUT2D eigenvalue weighted by Crippen LogP contribution is 2.36. The summed E-state index contributed by atoms with van der Waals surface area (Å²) in [5.41, 5.74) is 5.40. The summed E-state index contributed by atoms with van der Waals surface area (Å²) < 4.78 is 5.40. The number of hydrogen-bond acceptors (Lipinski definition) is 3. The van der Waals surface area contributed by atoms with Crippen molar-refractivity contribution in [2.75, 3.05) is 7.11 Å². The van der Waals surface area contributed by atoms with Crippen LogP contribution in [0.3, 0.4) is 0 Å². The molecule has 5 rings (SSSR count). The maximum atomic E-state index is 14.0. The van der Waals surface area contributed by atoms with Crippen LogP contribution in [0, 0.1) is 0 Å². The van der Waals surface area contributed by atoms with Gasteiger partial charge < -0.3 is 9.72 Å². The SMILES string of the molecule is COc1ccc2[nH]c(-c3ccc4ccccc4c3)c(C(=C(C)C)c3cccs3)c(=O)c2c1. The number of hydrogen-bond donors (Lipinski definition) is 1. The molecule has 0 radical (unpaired) electrons. The highest BCUT2D eigenvalue weighted by atomic mass is 32.1. The number of fused-ring (bicyclic) bond motifs is 2. The van der Waals surface area contributed by atoms with Gasteiger partial charge in [0, 0.05) is 15.8 Å². The minimum absolute atomic E-state index is 0.00501. The van der Waals surface area contributed by atoms with E-state index in [1.807, 2.05) is 41.8 Å². The lowest BCUT2D eigenvalue weighted by Crippen LogP contribution is -2.14. The van der Waals surface area contributed by atoms with E-state index in [9.17, 15) is 4.79 Å². The van der Waals surface area contributed by atoms with E-state index in [1.54, 1.807) is 18.4 Å². The van der Waals surface area contributed by atoms with Gasteiger partial charge >= 0.3 is 0 Å². The molecule has 3 nitrogen and oxygen atoms in total. The molecule has 0 saturated carbocycles. The molecule has 1 N–H and O–H groups in total. The predicted molar refractivity (Wildman–Crippen MR) is 136 cm³/mol. The quantitative estimate of drug-likeness (QED) is 0.321. The number of aromatic amines is 1. The standard InChI is InChI=1S/C28H23NO2S/c1-17(2)25(24-9-6-14-32-24)26-27(20-11-10-18-7-4-5-8-19(18)15-20)29-23-13-12-21(31-3)16-22(23)28(26)30/h4-16H,1-3H3,(H,29,30). The zero-order valence-electron chi connectivity index (χ0n) is 18.2. The third kappa shape index (κ3) is 3.43. The Balaban J connectivity index is 1.90. The second kappa shape index (κ2) is 8.13. The van der Waals surface area contributed by atoms with Crippen LogP contribution in [0.4, 0.5) is 0 Å². The number of pyridine rings is 1. The van der Waals surface area contributed by atoms with Gasteiger partial charge in [-0.1, -0.05) is 48.0 Å². The molecule has 0 atom stereocenters. The first-order chi connectivity index (χ1) is 15.6. The van der Waals surface area contributed by atoms with E-state index >= 15 is 0 Å². The van der Waals surface area contributed by atoms with Gasteiger partial charge in [0.2, 0.25) is 0 Å². The first kappa shape index (κ1) is 20.3. The van der Waals surface area contributed by atoms with Crippen LogP contribution in [0.1, 0.15) is 24.3 Å². The van der Waals surface area contributed by atoms with Gasteiger partial charge in [0.25, 0.3) is 0 Å². The van der Waals surface area contributed by atoms with Crippen molar-refractivity contribution in [1.82, 2.24) is 4.98 Å². The molecule has 2 aromatic heterocycles. The summed E-state index contributed by atoms with van der Waals surface area (Å²) in [5.74, 6) is 0.669. The van der Waals surface area contributed by atoms with E-state index in [-0.39, 0.29) is 5.43 Å². The topological polar surface area (TPSA) is 42.1 Å². The van der Waals surface area contributed by atoms with Gasteiger partial charge in [-0.2, -0.15) is 0 Å². The van der Waals surface area contributed by atoms with Crippen molar-refractivity contribution in [3.63, 3.8) is 0 Å². The Kier molecular flexibility index (Phi) is 5.16. The van der Waals surface area contributed by atoms with Crippen molar-refractivity contribution in [1.29, 1.82) is 0 Å². The van der Waals surface area contributed by atoms with E-state index in [0.717, 1.165) is 38.2 Å². The summed E-state index contributed by atoms with van der Waals surface area (Å²) in [6.07, 6.45) is 0. The average Bonchev–Trinajstić information content (AvgIpc) is 3.34. The molecule has 0 aliphatic carbocycles. The number of methoxy groups -OCH3 is 1. The van der Waals surface area contributed by atoms with Crippen molar-refractivity contribution < 1.29 is 4.74 Å². The molecule has 32 heavy (non-hydrogen) atoms. The monoisotopic (exact) mass is 437 g/mol. The molecule has 0 amide bonds. The lowest BCUT2D eigenvalue weighted by molar-refractivity contribution is 0.415. The molecule has 3 aromatic carbocycles. The first-order valence-corrected chi connectivity index (χ1v) is 11.4. The Labute approximate surface area is 190 Å². The van der Waals surface area contributed by atoms with Crippen molar-refractivity contribution in [3.8, 4) is 17.0 Å². The third-order valence-electron chi connectivity index (χ3n) is 5.76. The van der Waals surface area contributed by atoms with Gasteiger partial charge in [0.15, 0.2) is 5.43 Å². The predicted octanol–water partition coefficient (Wildman–Crippen LogP) is 7.26. The molecule has 0 spiro atoms. The number of ether oxygens (including phenoxy) is 1. The van der Waals surface area contributed by atoms with E-state index in [0.29, 0.717) is 16.7 Å². The smallest absolute Gasteiger partial charge is 0.198 e. The van der Waals surface area contributed by atoms with Crippen LogP contribution in [-0.4, -0.2) is 12.1 Å². The van der Waals surface area contributed by atoms with E-state index in [1.165, 1.54) is 5.39 Å². The van der Waals surface area contributed by atoms with Crippen molar-refractivity contribution in [3.05, 3.63) is 104 Å². The molecule has 4 heteroatoms. The zero-order chi connectivity index (χ0) is 22.2. The Bertz CT molecular complexity index is 1540. The van der Waals surface area contributed by atoms with Crippen molar-refractivity contribution in [2.45, 2.75) is 13.8 Å². The van der Waals surface area contributed by atoms with Crippen LogP contribution >= 0.6 is 11.3 Å². The second-order valence-electron chi connectivity index (χ2n) is 8.03. The van der Waals surface area contributed by atoms with Crippen LogP contribution in [-0.2, 0) is 0 Å². The highest BCUT2D eigenvalue weighted by Gasteiger charge is 2.21. The normalized spacial score (nSPS) is 11.1. The second-order valence-corrected chi connectivity index (χ2v) is 8.98. The lowest BCUT2D eigenvalue weighted by Gasteiger charge is -2.16. The number of H-pyrrole nitrogens is 1. The molecule has 158 valence electrons. The molecule has 2 heterocycles. The van der Waals surface area contributed by atoms with Gasteiger partial charge in [-0.15, -0.1) is 11.3 Å². The maximum Gasteiger partial charge on any atom is 0.198 e. The number of thiophene rings is 1. The number of rotatable bonds is 4. The van der Waals surface area contributed by atoms with Crippen LogP contribution in [0.15, 0.2) is 88.5 Å². The van der Waals surface area contributed by atoms with Crippen LogP contribution < -0.4 is 10.2 Å². The highest BCUT2D eigenvalue weighted by molar-refractivity contribution is 7.11. The minimum Gasteiger partial charge on any atom is -0.497 e. The van der Waals surface area contributed by atoms with E-state index in [2.05, 4.69) is 55.2 Å². The maximum absolute atomic E-state index is 14.0. The fraction of sp³-hybridized carbons (Fsp3) is 0.107. The molecular weight excluding hydrogens is 414 g/mol. The fourth-order valence-corrected chi connectivity index (χ4v) is 5.12. The van der Waals surface area contributed by atoms with Crippen molar-refractivity contribution >= 4 is 38.6 Å². The summed E-state index contributed by atoms with van der Waals surface area (Å²) in [5, 5.41) is 4.98. The average molecular weight is 438 g/mol. The Morgan fingerprint density at radius 3 is 2.44 bits per heavy atom. The fourth-order valence-electron chi connectivity index (χ4n) is 4.23. The molecule has 0 aliphatic heterocycles. The summed E-state index contributed by atoms with van der Waals surface area (Å²) in [7, 11) is 1.62. The minimum atomic E-state index is 0.00501. The number of nitrogens with one attached hydrogen (secondary N) is 1. The lowest BCUT2D eigenvalue weighted by atomic mass is 9.92. The van der Waals surface area contributed by atoms with Gasteiger partial charge in [-0.3, -0.25) is 4.79 Å². The van der Waals surface area contributed by atoms with Crippen LogP contribution in [0.2, 0.25) is 0 Å². The Hall–Kier alpha value is -3.63. The molecule has 0 saturated heterocycles. The summed E-state index contributed by atoms with van der Waals surface area (Å²) >= 11 is 1.65. The molecule has 0 fully saturated rings. The number of allylic oxidation sites excluding steroid dienone is 1. The zero-order valence-corrected chi connectivity index (χ0v) is 19.0. The molecule has 5 aromatic rings. The van der Waals surface area contributed by atoms with E-state index in [4.69, 9.17) is 4.74 Å². The van der Waals surface area contributed by atoms with Crippen LogP contribution in [0.25, 0.3) is 38.5 Å². The van der Waals surface area contributed by atoms with E-state index < -0.39 is 0 Å². The summed E-state index contributed by atoms with van der Waals surface area (Å²) in [6, 6.07) is 24.3. The summed E-state index contributed by atoms with van der Waals surface area (Å²) in [4.78, 5) is 18.7. The van der Waals surface area contributed by atoms with Gasteiger partial charge in [-0.05, 0) is 65.9 Å². The molecule has 0 unspecified atom stereocenters. The third-order valence-corrected chi connectivity index (χ3v) is 6.65. The van der Waals surface area contributed by atoms with Gasteiger partial charge in [-0.25, -0.2) is 0 Å². The largest absolute Gasteiger partial charge is 0.497 e. The molecule has 0 aliphatic rings. The Morgan fingerprint density at radius 1 is 0.906 bits per heavy atom. The number of benzene rings is 3. The Morgan fingerprint density at radius 2 is 1.72 bits per heavy atom.